The maximum atomic E-state index is 13.3. The number of Topliss-reactive ketones (excluding diaryl/α,β-unsaturated/α-hetero) is 1. The smallest absolute Gasteiger partial charge is 0.270 e. The van der Waals surface area contributed by atoms with E-state index in [0.29, 0.717) is 15.1 Å². The first-order chi connectivity index (χ1) is 13.4. The molecule has 0 saturated heterocycles. The van der Waals surface area contributed by atoms with Gasteiger partial charge in [0.05, 0.1) is 16.8 Å². The van der Waals surface area contributed by atoms with Crippen molar-refractivity contribution in [1.29, 1.82) is 0 Å². The number of hydrogen-bond donors (Lipinski definition) is 0. The van der Waals surface area contributed by atoms with Gasteiger partial charge in [0.25, 0.3) is 5.56 Å². The van der Waals surface area contributed by atoms with Gasteiger partial charge in [0.1, 0.15) is 17.5 Å². The van der Waals surface area contributed by atoms with Crippen LogP contribution >= 0.6 is 11.3 Å². The van der Waals surface area contributed by atoms with Crippen molar-refractivity contribution in [3.05, 3.63) is 67.5 Å². The van der Waals surface area contributed by atoms with Gasteiger partial charge in [-0.1, -0.05) is 29.5 Å². The summed E-state index contributed by atoms with van der Waals surface area (Å²) in [4.78, 5) is 31.2. The molecule has 1 aromatic carbocycles. The van der Waals surface area contributed by atoms with Crippen LogP contribution in [0.5, 0.6) is 5.75 Å². The largest absolute Gasteiger partial charge is 0.465 e. The third-order valence-electron chi connectivity index (χ3n) is 5.34. The number of thiazole rings is 1. The summed E-state index contributed by atoms with van der Waals surface area (Å²) in [6.45, 7) is 3.36. The molecule has 5 rings (SSSR count). The molecule has 28 heavy (non-hydrogen) atoms. The lowest BCUT2D eigenvalue weighted by Crippen LogP contribution is -2.58. The molecule has 0 fully saturated rings. The molecule has 3 aromatic rings. The SMILES string of the molecule is CC(=O)[C@H]1[C@H]2c3ccccc3O[C@]1(C)N=c1s/c(=C/c3cnn(C)c3)c(=O)n12. The molecule has 2 aliphatic heterocycles. The summed E-state index contributed by atoms with van der Waals surface area (Å²) in [5.74, 6) is 0.0542. The molecule has 7 nitrogen and oxygen atoms in total. The highest BCUT2D eigenvalue weighted by atomic mass is 32.1. The molecule has 2 aromatic heterocycles. The third kappa shape index (κ3) is 2.34. The number of aryl methyl sites for hydroxylation is 1. The van der Waals surface area contributed by atoms with Crippen molar-refractivity contribution >= 4 is 23.2 Å². The number of ketones is 1. The average Bonchev–Trinajstić information content (AvgIpc) is 3.16. The number of ether oxygens (including phenoxy) is 1. The maximum absolute atomic E-state index is 13.3. The molecular formula is C20H18N4O3S. The Morgan fingerprint density at radius 2 is 2.14 bits per heavy atom. The van der Waals surface area contributed by atoms with Crippen LogP contribution < -0.4 is 19.6 Å². The Bertz CT molecular complexity index is 1300. The van der Waals surface area contributed by atoms with Gasteiger partial charge < -0.3 is 4.74 Å². The van der Waals surface area contributed by atoms with E-state index in [1.165, 1.54) is 18.3 Å². The Labute approximate surface area is 164 Å². The van der Waals surface area contributed by atoms with E-state index in [1.807, 2.05) is 50.5 Å². The van der Waals surface area contributed by atoms with Crippen molar-refractivity contribution in [3.8, 4) is 5.75 Å². The summed E-state index contributed by atoms with van der Waals surface area (Å²) < 4.78 is 10.1. The number of fused-ring (bicyclic) bond motifs is 6. The number of aromatic nitrogens is 3. The quantitative estimate of drug-likeness (QED) is 0.650. The highest BCUT2D eigenvalue weighted by molar-refractivity contribution is 7.07. The van der Waals surface area contributed by atoms with Gasteiger partial charge in [0, 0.05) is 24.4 Å². The molecule has 0 radical (unpaired) electrons. The molecule has 0 aliphatic carbocycles. The van der Waals surface area contributed by atoms with E-state index in [4.69, 9.17) is 9.73 Å². The molecular weight excluding hydrogens is 376 g/mol. The van der Waals surface area contributed by atoms with Crippen molar-refractivity contribution in [1.82, 2.24) is 14.3 Å². The Kier molecular flexibility index (Phi) is 3.51. The van der Waals surface area contributed by atoms with E-state index in [2.05, 4.69) is 5.10 Å². The van der Waals surface area contributed by atoms with Crippen LogP contribution in [-0.2, 0) is 11.8 Å². The van der Waals surface area contributed by atoms with E-state index in [1.54, 1.807) is 15.4 Å². The third-order valence-corrected chi connectivity index (χ3v) is 6.32. The van der Waals surface area contributed by atoms with Crippen LogP contribution in [0.4, 0.5) is 0 Å². The first-order valence-corrected chi connectivity index (χ1v) is 9.79. The molecule has 2 bridgehead atoms. The molecule has 0 amide bonds. The zero-order chi connectivity index (χ0) is 19.6. The van der Waals surface area contributed by atoms with Crippen molar-refractivity contribution in [2.45, 2.75) is 25.6 Å². The van der Waals surface area contributed by atoms with Crippen molar-refractivity contribution < 1.29 is 9.53 Å². The van der Waals surface area contributed by atoms with Gasteiger partial charge in [-0.2, -0.15) is 5.10 Å². The van der Waals surface area contributed by atoms with Crippen molar-refractivity contribution in [2.75, 3.05) is 0 Å². The minimum absolute atomic E-state index is 0.0488. The lowest BCUT2D eigenvalue weighted by Gasteiger charge is -2.45. The fourth-order valence-electron chi connectivity index (χ4n) is 4.22. The van der Waals surface area contributed by atoms with E-state index in [-0.39, 0.29) is 11.3 Å². The topological polar surface area (TPSA) is 78.5 Å². The lowest BCUT2D eigenvalue weighted by molar-refractivity contribution is -0.132. The molecule has 2 aliphatic rings. The average molecular weight is 394 g/mol. The van der Waals surface area contributed by atoms with Crippen molar-refractivity contribution in [2.24, 2.45) is 18.0 Å². The second-order valence-electron chi connectivity index (χ2n) is 7.36. The maximum Gasteiger partial charge on any atom is 0.270 e. The molecule has 0 spiro atoms. The Morgan fingerprint density at radius 3 is 2.86 bits per heavy atom. The number of nitrogens with zero attached hydrogens (tertiary/aromatic N) is 4. The fourth-order valence-corrected chi connectivity index (χ4v) is 5.32. The van der Waals surface area contributed by atoms with Crippen LogP contribution in [0, 0.1) is 5.92 Å². The van der Waals surface area contributed by atoms with Crippen LogP contribution in [0.1, 0.15) is 31.0 Å². The highest BCUT2D eigenvalue weighted by Crippen LogP contribution is 2.47. The second-order valence-corrected chi connectivity index (χ2v) is 8.36. The molecule has 0 saturated carbocycles. The summed E-state index contributed by atoms with van der Waals surface area (Å²) >= 11 is 1.31. The molecule has 0 N–H and O–H groups in total. The fraction of sp³-hybridized carbons (Fsp3) is 0.300. The van der Waals surface area contributed by atoms with Crippen LogP contribution in [0.15, 0.2) is 46.4 Å². The number of carbonyl (C=O) groups excluding carboxylic acids is 1. The van der Waals surface area contributed by atoms with E-state index >= 15 is 0 Å². The van der Waals surface area contributed by atoms with Crippen molar-refractivity contribution in [3.63, 3.8) is 0 Å². The minimum Gasteiger partial charge on any atom is -0.465 e. The van der Waals surface area contributed by atoms with Gasteiger partial charge in [0.15, 0.2) is 4.80 Å². The van der Waals surface area contributed by atoms with Crippen LogP contribution in [-0.4, -0.2) is 25.9 Å². The van der Waals surface area contributed by atoms with E-state index in [0.717, 1.165) is 11.1 Å². The molecule has 8 heteroatoms. The van der Waals surface area contributed by atoms with Gasteiger partial charge in [-0.3, -0.25) is 18.8 Å². The summed E-state index contributed by atoms with van der Waals surface area (Å²) in [5.41, 5.74) is 0.493. The first kappa shape index (κ1) is 17.1. The predicted octanol–water partition coefficient (Wildman–Crippen LogP) is 1.01. The number of benzene rings is 1. The summed E-state index contributed by atoms with van der Waals surface area (Å²) in [5, 5.41) is 4.15. The Hall–Kier alpha value is -3.00. The minimum atomic E-state index is -1.03. The lowest BCUT2D eigenvalue weighted by atomic mass is 9.79. The Morgan fingerprint density at radius 1 is 1.36 bits per heavy atom. The second kappa shape index (κ2) is 5.75. The normalized spacial score (nSPS) is 25.5. The van der Waals surface area contributed by atoms with Gasteiger partial charge in [0.2, 0.25) is 5.72 Å². The number of carbonyl (C=O) groups is 1. The molecule has 3 atom stereocenters. The number of rotatable bonds is 2. The zero-order valence-corrected chi connectivity index (χ0v) is 16.4. The standard InChI is InChI=1S/C20H18N4O3S/c1-11(25)16-17-13-6-4-5-7-14(13)27-20(16,2)22-19-24(17)18(26)15(28-19)8-12-9-21-23(3)10-12/h4-10,16-17H,1-3H3/b15-8+/t16-,17+,20-/m0/s1. The number of hydrogen-bond acceptors (Lipinski definition) is 6. The number of para-hydroxylation sites is 1. The molecule has 142 valence electrons. The van der Waals surface area contributed by atoms with Crippen LogP contribution in [0.2, 0.25) is 0 Å². The van der Waals surface area contributed by atoms with Gasteiger partial charge in [-0.05, 0) is 26.0 Å². The highest BCUT2D eigenvalue weighted by Gasteiger charge is 2.53. The first-order valence-electron chi connectivity index (χ1n) is 8.97. The predicted molar refractivity (Wildman–Crippen MR) is 104 cm³/mol. The van der Waals surface area contributed by atoms with Gasteiger partial charge in [-0.25, -0.2) is 4.99 Å². The van der Waals surface area contributed by atoms with Crippen LogP contribution in [0.25, 0.3) is 6.08 Å². The Balaban J connectivity index is 1.82. The van der Waals surface area contributed by atoms with E-state index < -0.39 is 17.7 Å². The summed E-state index contributed by atoms with van der Waals surface area (Å²) in [6.07, 6.45) is 5.36. The van der Waals surface area contributed by atoms with Gasteiger partial charge >= 0.3 is 0 Å². The van der Waals surface area contributed by atoms with Crippen LogP contribution in [0.3, 0.4) is 0 Å². The molecule has 0 unspecified atom stereocenters. The summed E-state index contributed by atoms with van der Waals surface area (Å²) in [6, 6.07) is 7.12. The van der Waals surface area contributed by atoms with E-state index in [9.17, 15) is 9.59 Å². The monoisotopic (exact) mass is 394 g/mol. The summed E-state index contributed by atoms with van der Waals surface area (Å²) in [7, 11) is 1.83. The molecule has 4 heterocycles. The zero-order valence-electron chi connectivity index (χ0n) is 15.6. The van der Waals surface area contributed by atoms with Gasteiger partial charge in [-0.15, -0.1) is 0 Å².